The highest BCUT2D eigenvalue weighted by molar-refractivity contribution is 7.19. The van der Waals surface area contributed by atoms with E-state index in [2.05, 4.69) is 6.07 Å². The van der Waals surface area contributed by atoms with Gasteiger partial charge in [-0.2, -0.15) is 5.26 Å². The summed E-state index contributed by atoms with van der Waals surface area (Å²) in [5.41, 5.74) is -2.62. The van der Waals surface area contributed by atoms with E-state index >= 15 is 0 Å². The van der Waals surface area contributed by atoms with Crippen LogP contribution in [0, 0.1) is 18.3 Å². The number of hydrogen-bond acceptors (Lipinski definition) is 9. The van der Waals surface area contributed by atoms with E-state index in [9.17, 15) is 19.6 Å². The van der Waals surface area contributed by atoms with Gasteiger partial charge in [-0.1, -0.05) is 18.2 Å². The molecule has 0 saturated carbocycles. The van der Waals surface area contributed by atoms with Gasteiger partial charge >= 0.3 is 11.7 Å². The summed E-state index contributed by atoms with van der Waals surface area (Å²) in [6.45, 7) is 11.0. The second-order valence-electron chi connectivity index (χ2n) is 11.6. The molecule has 1 aliphatic rings. The molecule has 0 radical (unpaired) electrons. The Kier molecular flexibility index (Phi) is 8.78. The highest BCUT2D eigenvalue weighted by Crippen LogP contribution is 2.34. The molecule has 10 nitrogen and oxygen atoms in total. The molecule has 0 aliphatic carbocycles. The van der Waals surface area contributed by atoms with Crippen molar-refractivity contribution in [3.8, 4) is 11.8 Å². The highest BCUT2D eigenvalue weighted by atomic mass is 32.1. The van der Waals surface area contributed by atoms with Crippen LogP contribution in [0.1, 0.15) is 69.6 Å². The van der Waals surface area contributed by atoms with Crippen molar-refractivity contribution in [2.45, 2.75) is 84.3 Å². The zero-order chi connectivity index (χ0) is 30.1. The zero-order valence-corrected chi connectivity index (χ0v) is 25.4. The van der Waals surface area contributed by atoms with Crippen LogP contribution in [0.2, 0.25) is 0 Å². The zero-order valence-electron chi connectivity index (χ0n) is 24.6. The van der Waals surface area contributed by atoms with Crippen molar-refractivity contribution >= 4 is 27.5 Å². The Balaban J connectivity index is 1.96. The molecule has 1 saturated heterocycles. The highest BCUT2D eigenvalue weighted by Gasteiger charge is 2.39. The second kappa shape index (κ2) is 11.8. The van der Waals surface area contributed by atoms with E-state index in [1.807, 2.05) is 24.3 Å². The summed E-state index contributed by atoms with van der Waals surface area (Å²) in [5, 5.41) is 10.0. The molecule has 220 valence electrons. The number of ether oxygens (including phenoxy) is 4. The molecule has 1 unspecified atom stereocenters. The normalized spacial score (nSPS) is 15.5. The lowest BCUT2D eigenvalue weighted by atomic mass is 10.0. The molecule has 3 aromatic rings. The van der Waals surface area contributed by atoms with Gasteiger partial charge in [0.25, 0.3) is 5.56 Å². The van der Waals surface area contributed by atoms with Crippen LogP contribution in [-0.4, -0.2) is 47.1 Å². The molecule has 1 aromatic carbocycles. The van der Waals surface area contributed by atoms with Gasteiger partial charge in [-0.25, -0.2) is 14.2 Å². The first-order chi connectivity index (χ1) is 19.3. The molecular formula is C30H37N3O7S. The molecular weight excluding hydrogens is 546 g/mol. The first-order valence-electron chi connectivity index (χ1n) is 13.6. The van der Waals surface area contributed by atoms with Crippen LogP contribution in [0.25, 0.3) is 10.2 Å². The number of aryl methyl sites for hydroxylation is 1. The average Bonchev–Trinajstić information content (AvgIpc) is 3.26. The second-order valence-corrected chi connectivity index (χ2v) is 12.6. The smallest absolute Gasteiger partial charge is 0.333 e. The van der Waals surface area contributed by atoms with Crippen molar-refractivity contribution in [3.05, 3.63) is 61.1 Å². The minimum atomic E-state index is -1.64. The Morgan fingerprint density at radius 2 is 1.83 bits per heavy atom. The Hall–Kier alpha value is -3.46. The summed E-state index contributed by atoms with van der Waals surface area (Å²) in [6, 6.07) is 9.56. The van der Waals surface area contributed by atoms with Crippen molar-refractivity contribution in [2.24, 2.45) is 0 Å². The Morgan fingerprint density at radius 3 is 2.44 bits per heavy atom. The number of para-hydroxylation sites is 1. The van der Waals surface area contributed by atoms with Gasteiger partial charge in [0.05, 0.1) is 25.1 Å². The number of aromatic nitrogens is 2. The molecule has 0 N–H and O–H groups in total. The molecule has 0 bridgehead atoms. The number of esters is 1. The van der Waals surface area contributed by atoms with Gasteiger partial charge in [0.15, 0.2) is 0 Å². The van der Waals surface area contributed by atoms with Gasteiger partial charge in [-0.3, -0.25) is 9.36 Å². The fourth-order valence-corrected chi connectivity index (χ4v) is 6.06. The fourth-order valence-electron chi connectivity index (χ4n) is 4.96. The van der Waals surface area contributed by atoms with E-state index in [0.717, 1.165) is 21.5 Å². The Labute approximate surface area is 243 Å². The van der Waals surface area contributed by atoms with Crippen LogP contribution in [0.5, 0.6) is 5.75 Å². The number of carbonyl (C=O) groups excluding carboxylic acids is 1. The van der Waals surface area contributed by atoms with Gasteiger partial charge in [-0.15, -0.1) is 11.3 Å². The van der Waals surface area contributed by atoms with Gasteiger partial charge in [0.1, 0.15) is 38.8 Å². The molecule has 1 atom stereocenters. The number of thiophene rings is 1. The van der Waals surface area contributed by atoms with Crippen molar-refractivity contribution < 1.29 is 23.7 Å². The molecule has 3 heterocycles. The average molecular weight is 584 g/mol. The number of hydrogen-bond donors (Lipinski definition) is 0. The van der Waals surface area contributed by atoms with E-state index in [-0.39, 0.29) is 18.0 Å². The van der Waals surface area contributed by atoms with Gasteiger partial charge in [0, 0.05) is 18.8 Å². The number of nitrogens with zero attached hydrogens (tertiary/aromatic N) is 3. The van der Waals surface area contributed by atoms with Crippen LogP contribution in [-0.2, 0) is 31.1 Å². The molecule has 0 spiro atoms. The summed E-state index contributed by atoms with van der Waals surface area (Å²) >= 11 is 1.08. The summed E-state index contributed by atoms with van der Waals surface area (Å²) in [7, 11) is 1.57. The Morgan fingerprint density at radius 1 is 1.17 bits per heavy atom. The van der Waals surface area contributed by atoms with E-state index < -0.39 is 34.5 Å². The summed E-state index contributed by atoms with van der Waals surface area (Å²) in [4.78, 5) is 42.2. The molecule has 1 aliphatic heterocycles. The molecule has 4 rings (SSSR count). The topological polar surface area (TPSA) is 122 Å². The molecule has 2 aromatic heterocycles. The Bertz CT molecular complexity index is 1600. The molecule has 0 amide bonds. The predicted molar refractivity (Wildman–Crippen MR) is 156 cm³/mol. The number of benzene rings is 1. The predicted octanol–water partition coefficient (Wildman–Crippen LogP) is 4.43. The molecule has 1 fully saturated rings. The molecule has 11 heteroatoms. The summed E-state index contributed by atoms with van der Waals surface area (Å²) in [5.74, 6) is -0.125. The van der Waals surface area contributed by atoms with Crippen LogP contribution < -0.4 is 16.0 Å². The summed E-state index contributed by atoms with van der Waals surface area (Å²) < 4.78 is 25.7. The number of fused-ring (bicyclic) bond motifs is 1. The summed E-state index contributed by atoms with van der Waals surface area (Å²) in [6.07, 6.45) is 0.628. The van der Waals surface area contributed by atoms with Crippen molar-refractivity contribution in [1.29, 1.82) is 5.26 Å². The van der Waals surface area contributed by atoms with Crippen LogP contribution in [0.4, 0.5) is 0 Å². The fraction of sp³-hybridized carbons (Fsp3) is 0.533. The number of carbonyl (C=O) groups is 1. The maximum Gasteiger partial charge on any atom is 0.333 e. The number of nitriles is 1. The number of rotatable bonds is 8. The lowest BCUT2D eigenvalue weighted by molar-refractivity contribution is -0.164. The van der Waals surface area contributed by atoms with Gasteiger partial charge in [0.2, 0.25) is 0 Å². The van der Waals surface area contributed by atoms with Gasteiger partial charge < -0.3 is 18.9 Å². The van der Waals surface area contributed by atoms with Crippen LogP contribution >= 0.6 is 11.3 Å². The minimum Gasteiger partial charge on any atom is -0.496 e. The third-order valence-corrected chi connectivity index (χ3v) is 8.35. The largest absolute Gasteiger partial charge is 0.496 e. The minimum absolute atomic E-state index is 0.0164. The SMILES string of the molecule is COc1ccccc1C(Cn1c(=O)n(C(C)(C)C(=O)OC(C)(C)C)c(=O)c2c(C)c(C#N)sc21)OC1CCOCC1. The van der Waals surface area contributed by atoms with Crippen LogP contribution in [0.3, 0.4) is 0 Å². The van der Waals surface area contributed by atoms with Crippen molar-refractivity contribution in [2.75, 3.05) is 20.3 Å². The first-order valence-corrected chi connectivity index (χ1v) is 14.4. The van der Waals surface area contributed by atoms with Gasteiger partial charge in [-0.05, 0) is 66.0 Å². The first kappa shape index (κ1) is 30.5. The lowest BCUT2D eigenvalue weighted by Gasteiger charge is -2.31. The maximum absolute atomic E-state index is 14.3. The third kappa shape index (κ3) is 6.10. The quantitative estimate of drug-likeness (QED) is 0.357. The van der Waals surface area contributed by atoms with Crippen molar-refractivity contribution in [3.63, 3.8) is 0 Å². The molecule has 41 heavy (non-hydrogen) atoms. The van der Waals surface area contributed by atoms with Crippen LogP contribution in [0.15, 0.2) is 33.9 Å². The number of methoxy groups -OCH3 is 1. The van der Waals surface area contributed by atoms with E-state index in [0.29, 0.717) is 47.1 Å². The monoisotopic (exact) mass is 583 g/mol. The third-order valence-electron chi connectivity index (χ3n) is 7.13. The standard InChI is InChI=1S/C30H37N3O7S/c1-18-23(16-31)41-26-24(18)25(34)33(30(5,6)27(35)40-29(2,3)4)28(36)32(26)17-22(39-19-12-14-38-15-13-19)20-10-8-9-11-21(20)37-7/h8-11,19,22H,12-15,17H2,1-7H3. The maximum atomic E-state index is 14.3. The van der Waals surface area contributed by atoms with Crippen molar-refractivity contribution in [1.82, 2.24) is 9.13 Å². The van der Waals surface area contributed by atoms with E-state index in [1.54, 1.807) is 34.8 Å². The van der Waals surface area contributed by atoms with E-state index in [4.69, 9.17) is 18.9 Å². The lowest BCUT2D eigenvalue weighted by Crippen LogP contribution is -2.54. The van der Waals surface area contributed by atoms with E-state index in [1.165, 1.54) is 18.4 Å².